The van der Waals surface area contributed by atoms with E-state index in [1.807, 2.05) is 0 Å². The van der Waals surface area contributed by atoms with Crippen molar-refractivity contribution in [3.63, 3.8) is 0 Å². The normalized spacial score (nSPS) is 10.4. The van der Waals surface area contributed by atoms with Gasteiger partial charge in [0.1, 0.15) is 0 Å². The first kappa shape index (κ1) is 10.6. The number of pyridine rings is 1. The van der Waals surface area contributed by atoms with E-state index in [1.165, 1.54) is 6.20 Å². The second-order valence-corrected chi connectivity index (χ2v) is 3.11. The van der Waals surface area contributed by atoms with Crippen molar-refractivity contribution in [1.82, 2.24) is 20.4 Å². The van der Waals surface area contributed by atoms with Crippen molar-refractivity contribution in [2.24, 2.45) is 0 Å². The van der Waals surface area contributed by atoms with Gasteiger partial charge in [-0.05, 0) is 17.3 Å². The molecule has 0 aliphatic heterocycles. The molecule has 0 aliphatic rings. The molecule has 2 heterocycles. The smallest absolute Gasteiger partial charge is 0.0968 e. The van der Waals surface area contributed by atoms with Crippen molar-refractivity contribution in [2.45, 2.75) is 13.2 Å². The second kappa shape index (κ2) is 4.73. The summed E-state index contributed by atoms with van der Waals surface area (Å²) in [5, 5.41) is 29.3. The molecule has 0 atom stereocenters. The Morgan fingerprint density at radius 2 is 1.94 bits per heavy atom. The predicted molar refractivity (Wildman–Crippen MR) is 54.9 cm³/mol. The van der Waals surface area contributed by atoms with Gasteiger partial charge in [0.15, 0.2) is 0 Å². The molecule has 0 amide bonds. The van der Waals surface area contributed by atoms with Crippen LogP contribution in [0.1, 0.15) is 11.3 Å². The van der Waals surface area contributed by atoms with Crippen LogP contribution in [0.5, 0.6) is 0 Å². The zero-order valence-electron chi connectivity index (χ0n) is 8.41. The Hall–Kier alpha value is -1.92. The molecule has 2 rings (SSSR count). The van der Waals surface area contributed by atoms with Gasteiger partial charge in [0, 0.05) is 17.3 Å². The SMILES string of the molecule is OCc1nccc(-c2ccnnn2)c1CO. The van der Waals surface area contributed by atoms with Gasteiger partial charge >= 0.3 is 0 Å². The number of hydrogen-bond acceptors (Lipinski definition) is 6. The largest absolute Gasteiger partial charge is 0.392 e. The summed E-state index contributed by atoms with van der Waals surface area (Å²) < 4.78 is 0. The maximum atomic E-state index is 9.28. The lowest BCUT2D eigenvalue weighted by Crippen LogP contribution is -2.02. The van der Waals surface area contributed by atoms with Gasteiger partial charge in [0.25, 0.3) is 0 Å². The molecule has 0 radical (unpaired) electrons. The minimum Gasteiger partial charge on any atom is -0.392 e. The average molecular weight is 218 g/mol. The monoisotopic (exact) mass is 218 g/mol. The van der Waals surface area contributed by atoms with Crippen molar-refractivity contribution in [1.29, 1.82) is 0 Å². The molecule has 0 saturated heterocycles. The summed E-state index contributed by atoms with van der Waals surface area (Å²) in [7, 11) is 0. The van der Waals surface area contributed by atoms with Gasteiger partial charge < -0.3 is 10.2 Å². The molecule has 2 N–H and O–H groups in total. The number of rotatable bonds is 3. The van der Waals surface area contributed by atoms with Crippen LogP contribution in [0.4, 0.5) is 0 Å². The van der Waals surface area contributed by atoms with Crippen LogP contribution in [0, 0.1) is 0 Å². The quantitative estimate of drug-likeness (QED) is 0.748. The molecule has 0 aromatic carbocycles. The average Bonchev–Trinajstić information content (AvgIpc) is 2.38. The van der Waals surface area contributed by atoms with E-state index in [9.17, 15) is 5.11 Å². The Morgan fingerprint density at radius 3 is 2.56 bits per heavy atom. The van der Waals surface area contributed by atoms with Crippen LogP contribution in [0.3, 0.4) is 0 Å². The molecule has 6 heteroatoms. The van der Waals surface area contributed by atoms with Crippen molar-refractivity contribution in [3.8, 4) is 11.3 Å². The molecule has 0 aliphatic carbocycles. The lowest BCUT2D eigenvalue weighted by molar-refractivity contribution is 0.256. The van der Waals surface area contributed by atoms with E-state index in [2.05, 4.69) is 20.4 Å². The molecule has 0 bridgehead atoms. The van der Waals surface area contributed by atoms with Crippen LogP contribution in [-0.4, -0.2) is 30.6 Å². The van der Waals surface area contributed by atoms with Crippen LogP contribution >= 0.6 is 0 Å². The zero-order chi connectivity index (χ0) is 11.4. The number of hydrogen-bond donors (Lipinski definition) is 2. The Balaban J connectivity index is 2.57. The summed E-state index contributed by atoms with van der Waals surface area (Å²) in [6, 6.07) is 3.40. The molecule has 0 fully saturated rings. The first-order valence-electron chi connectivity index (χ1n) is 4.70. The third-order valence-corrected chi connectivity index (χ3v) is 2.23. The van der Waals surface area contributed by atoms with E-state index in [0.29, 0.717) is 22.5 Å². The fraction of sp³-hybridized carbons (Fsp3) is 0.200. The minimum atomic E-state index is -0.220. The van der Waals surface area contributed by atoms with Gasteiger partial charge in [-0.15, -0.1) is 10.2 Å². The topological polar surface area (TPSA) is 92.0 Å². The Labute approximate surface area is 91.6 Å². The highest BCUT2D eigenvalue weighted by Gasteiger charge is 2.10. The summed E-state index contributed by atoms with van der Waals surface area (Å²) in [5.74, 6) is 0. The minimum absolute atomic E-state index is 0.205. The Morgan fingerprint density at radius 1 is 1.06 bits per heavy atom. The summed E-state index contributed by atoms with van der Waals surface area (Å²) in [6.07, 6.45) is 3.07. The van der Waals surface area contributed by atoms with Gasteiger partial charge in [-0.2, -0.15) is 0 Å². The van der Waals surface area contributed by atoms with E-state index in [1.54, 1.807) is 18.3 Å². The van der Waals surface area contributed by atoms with Crippen LogP contribution < -0.4 is 0 Å². The van der Waals surface area contributed by atoms with Crippen molar-refractivity contribution in [2.75, 3.05) is 0 Å². The van der Waals surface area contributed by atoms with Crippen LogP contribution in [0.2, 0.25) is 0 Å². The number of aliphatic hydroxyl groups excluding tert-OH is 2. The number of aliphatic hydroxyl groups is 2. The lowest BCUT2D eigenvalue weighted by atomic mass is 10.0. The van der Waals surface area contributed by atoms with Crippen molar-refractivity contribution in [3.05, 3.63) is 35.8 Å². The van der Waals surface area contributed by atoms with E-state index >= 15 is 0 Å². The molecule has 82 valence electrons. The third kappa shape index (κ3) is 1.88. The fourth-order valence-electron chi connectivity index (χ4n) is 1.47. The summed E-state index contributed by atoms with van der Waals surface area (Å²) in [4.78, 5) is 3.98. The molecule has 2 aromatic rings. The predicted octanol–water partition coefficient (Wildman–Crippen LogP) is -0.0818. The summed E-state index contributed by atoms with van der Waals surface area (Å²) in [6.45, 7) is -0.425. The molecule has 0 unspecified atom stereocenters. The fourth-order valence-corrected chi connectivity index (χ4v) is 1.47. The Kier molecular flexibility index (Phi) is 3.13. The first-order valence-corrected chi connectivity index (χ1v) is 4.70. The second-order valence-electron chi connectivity index (χ2n) is 3.11. The number of aromatic nitrogens is 4. The van der Waals surface area contributed by atoms with Gasteiger partial charge in [0.2, 0.25) is 0 Å². The van der Waals surface area contributed by atoms with Gasteiger partial charge in [0.05, 0.1) is 30.8 Å². The molecule has 6 nitrogen and oxygen atoms in total. The van der Waals surface area contributed by atoms with Gasteiger partial charge in [-0.1, -0.05) is 0 Å². The maximum absolute atomic E-state index is 9.28. The highest BCUT2D eigenvalue weighted by Crippen LogP contribution is 2.22. The van der Waals surface area contributed by atoms with Crippen molar-refractivity contribution >= 4 is 0 Å². The van der Waals surface area contributed by atoms with E-state index in [0.717, 1.165) is 0 Å². The van der Waals surface area contributed by atoms with Crippen LogP contribution in [0.15, 0.2) is 24.5 Å². The summed E-state index contributed by atoms with van der Waals surface area (Å²) >= 11 is 0. The Bertz CT molecular complexity index is 476. The first-order chi connectivity index (χ1) is 7.86. The molecular weight excluding hydrogens is 208 g/mol. The number of nitrogens with zero attached hydrogens (tertiary/aromatic N) is 4. The van der Waals surface area contributed by atoms with E-state index < -0.39 is 0 Å². The zero-order valence-corrected chi connectivity index (χ0v) is 8.41. The molecule has 0 spiro atoms. The van der Waals surface area contributed by atoms with Gasteiger partial charge in [-0.3, -0.25) is 4.98 Å². The van der Waals surface area contributed by atoms with E-state index in [-0.39, 0.29) is 13.2 Å². The third-order valence-electron chi connectivity index (χ3n) is 2.23. The molecule has 16 heavy (non-hydrogen) atoms. The maximum Gasteiger partial charge on any atom is 0.0968 e. The molecule has 0 saturated carbocycles. The van der Waals surface area contributed by atoms with Crippen LogP contribution in [0.25, 0.3) is 11.3 Å². The summed E-state index contributed by atoms with van der Waals surface area (Å²) in [5.41, 5.74) is 2.30. The van der Waals surface area contributed by atoms with E-state index in [4.69, 9.17) is 5.11 Å². The van der Waals surface area contributed by atoms with Crippen LogP contribution in [-0.2, 0) is 13.2 Å². The lowest BCUT2D eigenvalue weighted by Gasteiger charge is -2.08. The van der Waals surface area contributed by atoms with Crippen molar-refractivity contribution < 1.29 is 10.2 Å². The standard InChI is InChI=1S/C10H10N4O2/c15-5-8-7(1-3-11-10(8)6-16)9-2-4-12-14-13-9/h1-4,15-16H,5-6H2. The molecular formula is C10H10N4O2. The highest BCUT2D eigenvalue weighted by atomic mass is 16.3. The van der Waals surface area contributed by atoms with Gasteiger partial charge in [-0.25, -0.2) is 0 Å². The highest BCUT2D eigenvalue weighted by molar-refractivity contribution is 5.63. The molecule has 2 aromatic heterocycles.